The zero-order chi connectivity index (χ0) is 18.0. The van der Waals surface area contributed by atoms with E-state index in [9.17, 15) is 8.78 Å². The van der Waals surface area contributed by atoms with Crippen LogP contribution in [0, 0.1) is 0 Å². The molecule has 26 heavy (non-hydrogen) atoms. The van der Waals surface area contributed by atoms with E-state index < -0.39 is 6.43 Å². The number of hydrogen-bond acceptors (Lipinski definition) is 3. The van der Waals surface area contributed by atoms with Gasteiger partial charge in [0.05, 0.1) is 0 Å². The second-order valence-electron chi connectivity index (χ2n) is 7.40. The summed E-state index contributed by atoms with van der Waals surface area (Å²) in [5.74, 6) is 0. The molecule has 4 rings (SSSR count). The molecule has 1 aromatic carbocycles. The highest BCUT2D eigenvalue weighted by Gasteiger charge is 2.38. The largest absolute Gasteiger partial charge is 0.307 e. The Bertz CT molecular complexity index is 754. The third-order valence-electron chi connectivity index (χ3n) is 5.89. The minimum Gasteiger partial charge on any atom is -0.307 e. The number of aromatic nitrogens is 1. The Morgan fingerprint density at radius 2 is 1.96 bits per heavy atom. The number of pyridine rings is 1. The van der Waals surface area contributed by atoms with Gasteiger partial charge in [-0.05, 0) is 54.5 Å². The summed E-state index contributed by atoms with van der Waals surface area (Å²) in [5, 5.41) is 3.79. The lowest BCUT2D eigenvalue weighted by Gasteiger charge is -2.46. The molecule has 3 heterocycles. The smallest absolute Gasteiger partial charge is 0.280 e. The molecule has 1 saturated heterocycles. The SMILES string of the molecule is FC(F)c1cc(CCN2CCC3(CC2)NCCc2ccccc23)ccn1. The van der Waals surface area contributed by atoms with Crippen LogP contribution in [0.5, 0.6) is 0 Å². The zero-order valence-electron chi connectivity index (χ0n) is 14.9. The third-order valence-corrected chi connectivity index (χ3v) is 5.89. The van der Waals surface area contributed by atoms with Crippen molar-refractivity contribution in [1.82, 2.24) is 15.2 Å². The molecule has 3 nitrogen and oxygen atoms in total. The zero-order valence-corrected chi connectivity index (χ0v) is 14.9. The van der Waals surface area contributed by atoms with Crippen molar-refractivity contribution in [1.29, 1.82) is 0 Å². The van der Waals surface area contributed by atoms with E-state index in [0.717, 1.165) is 57.4 Å². The van der Waals surface area contributed by atoms with Gasteiger partial charge in [0, 0.05) is 37.9 Å². The van der Waals surface area contributed by atoms with Crippen LogP contribution in [-0.4, -0.2) is 36.1 Å². The number of nitrogens with one attached hydrogen (secondary N) is 1. The van der Waals surface area contributed by atoms with Crippen LogP contribution in [0.1, 0.15) is 41.7 Å². The van der Waals surface area contributed by atoms with Gasteiger partial charge < -0.3 is 10.2 Å². The Morgan fingerprint density at radius 1 is 1.15 bits per heavy atom. The highest BCUT2D eigenvalue weighted by atomic mass is 19.3. The van der Waals surface area contributed by atoms with Gasteiger partial charge in [0.25, 0.3) is 6.43 Å². The van der Waals surface area contributed by atoms with E-state index in [0.29, 0.717) is 0 Å². The molecule has 0 aliphatic carbocycles. The Kier molecular flexibility index (Phi) is 5.00. The van der Waals surface area contributed by atoms with Crippen LogP contribution in [0.2, 0.25) is 0 Å². The monoisotopic (exact) mass is 357 g/mol. The second kappa shape index (κ2) is 7.41. The molecule has 2 aliphatic rings. The van der Waals surface area contributed by atoms with Crippen molar-refractivity contribution >= 4 is 0 Å². The fraction of sp³-hybridized carbons (Fsp3) is 0.476. The maximum absolute atomic E-state index is 12.8. The maximum Gasteiger partial charge on any atom is 0.280 e. The molecule has 0 unspecified atom stereocenters. The van der Waals surface area contributed by atoms with Crippen molar-refractivity contribution in [3.05, 3.63) is 65.0 Å². The molecule has 1 spiro atoms. The summed E-state index contributed by atoms with van der Waals surface area (Å²) in [7, 11) is 0. The number of alkyl halides is 2. The quantitative estimate of drug-likeness (QED) is 0.904. The molecule has 0 amide bonds. The Morgan fingerprint density at radius 3 is 2.77 bits per heavy atom. The topological polar surface area (TPSA) is 28.2 Å². The van der Waals surface area contributed by atoms with E-state index in [1.54, 1.807) is 0 Å². The van der Waals surface area contributed by atoms with Gasteiger partial charge in [0.15, 0.2) is 0 Å². The number of rotatable bonds is 4. The van der Waals surface area contributed by atoms with Gasteiger partial charge in [-0.3, -0.25) is 4.98 Å². The van der Waals surface area contributed by atoms with Gasteiger partial charge in [-0.15, -0.1) is 0 Å². The fourth-order valence-corrected chi connectivity index (χ4v) is 4.40. The van der Waals surface area contributed by atoms with Crippen LogP contribution in [0.25, 0.3) is 0 Å². The predicted molar refractivity (Wildman–Crippen MR) is 98.4 cm³/mol. The minimum atomic E-state index is -2.50. The molecule has 0 bridgehead atoms. The van der Waals surface area contributed by atoms with Gasteiger partial charge in [0.2, 0.25) is 0 Å². The summed E-state index contributed by atoms with van der Waals surface area (Å²) in [6.45, 7) is 4.02. The molecule has 0 atom stereocenters. The van der Waals surface area contributed by atoms with Crippen molar-refractivity contribution < 1.29 is 8.78 Å². The van der Waals surface area contributed by atoms with Crippen LogP contribution in [0.15, 0.2) is 42.6 Å². The fourth-order valence-electron chi connectivity index (χ4n) is 4.40. The highest BCUT2D eigenvalue weighted by Crippen LogP contribution is 2.37. The number of halogens is 2. The van der Waals surface area contributed by atoms with Crippen LogP contribution >= 0.6 is 0 Å². The molecule has 2 aromatic rings. The Labute approximate surface area is 153 Å². The first-order valence-electron chi connectivity index (χ1n) is 9.45. The molecule has 138 valence electrons. The van der Waals surface area contributed by atoms with E-state index >= 15 is 0 Å². The molecule has 5 heteroatoms. The summed E-state index contributed by atoms with van der Waals surface area (Å²) >= 11 is 0. The van der Waals surface area contributed by atoms with Gasteiger partial charge in [-0.25, -0.2) is 8.78 Å². The standard InChI is InChI=1S/C21H25F2N3/c22-20(23)19-15-16(5-10-24-19)7-12-26-13-8-21(9-14-26)18-4-2-1-3-17(18)6-11-25-21/h1-5,10,15,20,25H,6-9,11-14H2. The molecular weight excluding hydrogens is 332 g/mol. The van der Waals surface area contributed by atoms with Crippen LogP contribution in [-0.2, 0) is 18.4 Å². The molecule has 1 N–H and O–H groups in total. The summed E-state index contributed by atoms with van der Waals surface area (Å²) in [6.07, 6.45) is 3.09. The first kappa shape index (κ1) is 17.6. The van der Waals surface area contributed by atoms with Crippen molar-refractivity contribution in [2.75, 3.05) is 26.2 Å². The molecule has 1 fully saturated rings. The maximum atomic E-state index is 12.8. The van der Waals surface area contributed by atoms with Gasteiger partial charge in [0.1, 0.15) is 5.69 Å². The van der Waals surface area contributed by atoms with E-state index in [1.165, 1.54) is 23.4 Å². The molecule has 1 aromatic heterocycles. The lowest BCUT2D eigenvalue weighted by atomic mass is 9.76. The number of likely N-dealkylation sites (tertiary alicyclic amines) is 1. The number of fused-ring (bicyclic) bond motifs is 2. The van der Waals surface area contributed by atoms with Crippen molar-refractivity contribution in [3.8, 4) is 0 Å². The first-order valence-corrected chi connectivity index (χ1v) is 9.45. The lowest BCUT2D eigenvalue weighted by Crippen LogP contribution is -2.54. The Balaban J connectivity index is 1.37. The van der Waals surface area contributed by atoms with Crippen molar-refractivity contribution in [2.24, 2.45) is 0 Å². The van der Waals surface area contributed by atoms with Gasteiger partial charge in [-0.1, -0.05) is 24.3 Å². The summed E-state index contributed by atoms with van der Waals surface area (Å²) in [6, 6.07) is 12.2. The van der Waals surface area contributed by atoms with E-state index in [1.807, 2.05) is 6.07 Å². The molecular formula is C21H25F2N3. The average Bonchev–Trinajstić information content (AvgIpc) is 2.68. The average molecular weight is 357 g/mol. The minimum absolute atomic E-state index is 0.116. The summed E-state index contributed by atoms with van der Waals surface area (Å²) in [4.78, 5) is 6.19. The number of nitrogens with zero attached hydrogens (tertiary/aromatic N) is 2. The van der Waals surface area contributed by atoms with E-state index in [4.69, 9.17) is 0 Å². The Hall–Kier alpha value is -1.85. The van der Waals surface area contributed by atoms with E-state index in [-0.39, 0.29) is 11.2 Å². The molecule has 0 saturated carbocycles. The number of piperidine rings is 1. The summed E-state index contributed by atoms with van der Waals surface area (Å²) < 4.78 is 25.6. The van der Waals surface area contributed by atoms with Crippen molar-refractivity contribution in [3.63, 3.8) is 0 Å². The van der Waals surface area contributed by atoms with E-state index in [2.05, 4.69) is 39.5 Å². The molecule has 0 radical (unpaired) electrons. The third kappa shape index (κ3) is 3.51. The van der Waals surface area contributed by atoms with Gasteiger partial charge >= 0.3 is 0 Å². The highest BCUT2D eigenvalue weighted by molar-refractivity contribution is 5.37. The number of benzene rings is 1. The van der Waals surface area contributed by atoms with Crippen molar-refractivity contribution in [2.45, 2.75) is 37.6 Å². The van der Waals surface area contributed by atoms with Crippen LogP contribution < -0.4 is 5.32 Å². The second-order valence-corrected chi connectivity index (χ2v) is 7.40. The number of hydrogen-bond donors (Lipinski definition) is 1. The molecule has 2 aliphatic heterocycles. The van der Waals surface area contributed by atoms with Crippen LogP contribution in [0.4, 0.5) is 8.78 Å². The van der Waals surface area contributed by atoms with Gasteiger partial charge in [-0.2, -0.15) is 0 Å². The summed E-state index contributed by atoms with van der Waals surface area (Å²) in [5.41, 5.74) is 3.89. The normalized spacial score (nSPS) is 19.7. The predicted octanol–water partition coefficient (Wildman–Crippen LogP) is 3.70. The first-order chi connectivity index (χ1) is 12.7. The van der Waals surface area contributed by atoms with Crippen LogP contribution in [0.3, 0.4) is 0 Å². The lowest BCUT2D eigenvalue weighted by molar-refractivity contribution is 0.130.